The molecule has 0 saturated carbocycles. The molecule has 0 aliphatic carbocycles. The summed E-state index contributed by atoms with van der Waals surface area (Å²) < 4.78 is 1.99. The van der Waals surface area contributed by atoms with Crippen LogP contribution in [0.25, 0.3) is 10.8 Å². The van der Waals surface area contributed by atoms with Crippen molar-refractivity contribution in [3.63, 3.8) is 0 Å². The summed E-state index contributed by atoms with van der Waals surface area (Å²) in [6, 6.07) is 8.52. The Kier molecular flexibility index (Phi) is 3.97. The number of pyridine rings is 1. The van der Waals surface area contributed by atoms with Gasteiger partial charge in [-0.1, -0.05) is 25.1 Å². The summed E-state index contributed by atoms with van der Waals surface area (Å²) in [6.07, 6.45) is 8.78. The molecule has 0 radical (unpaired) electrons. The maximum Gasteiger partial charge on any atom is 0.0947 e. The van der Waals surface area contributed by atoms with Gasteiger partial charge in [0.2, 0.25) is 0 Å². The van der Waals surface area contributed by atoms with Gasteiger partial charge in [0.1, 0.15) is 0 Å². The van der Waals surface area contributed by atoms with Gasteiger partial charge in [-0.25, -0.2) is 4.98 Å². The molecule has 2 heterocycles. The Morgan fingerprint density at radius 1 is 1.29 bits per heavy atom. The minimum absolute atomic E-state index is 0.0963. The maximum absolute atomic E-state index is 4.53. The van der Waals surface area contributed by atoms with E-state index in [-0.39, 0.29) is 6.04 Å². The van der Waals surface area contributed by atoms with E-state index in [1.807, 2.05) is 36.4 Å². The Morgan fingerprint density at radius 3 is 2.95 bits per heavy atom. The molecule has 1 N–H and O–H groups in total. The van der Waals surface area contributed by atoms with Crippen molar-refractivity contribution >= 4 is 10.8 Å². The summed E-state index contributed by atoms with van der Waals surface area (Å²) in [5.41, 5.74) is 2.27. The van der Waals surface area contributed by atoms with Crippen LogP contribution >= 0.6 is 0 Å². The second-order valence-corrected chi connectivity index (χ2v) is 5.30. The normalized spacial score (nSPS) is 12.7. The van der Waals surface area contributed by atoms with Crippen molar-refractivity contribution in [1.82, 2.24) is 19.9 Å². The van der Waals surface area contributed by atoms with Gasteiger partial charge in [-0.05, 0) is 30.0 Å². The fraction of sp³-hybridized carbons (Fsp3) is 0.294. The number of benzene rings is 1. The zero-order chi connectivity index (χ0) is 14.7. The zero-order valence-electron chi connectivity index (χ0n) is 12.5. The lowest BCUT2D eigenvalue weighted by Crippen LogP contribution is -2.23. The summed E-state index contributed by atoms with van der Waals surface area (Å²) in [6.45, 7) is 3.13. The van der Waals surface area contributed by atoms with Gasteiger partial charge in [0.25, 0.3) is 0 Å². The molecule has 0 aliphatic rings. The number of aryl methyl sites for hydroxylation is 1. The van der Waals surface area contributed by atoms with Crippen LogP contribution in [-0.4, -0.2) is 21.1 Å². The van der Waals surface area contributed by atoms with E-state index in [4.69, 9.17) is 0 Å². The van der Waals surface area contributed by atoms with Crippen molar-refractivity contribution in [2.75, 3.05) is 6.54 Å². The number of hydrogen-bond acceptors (Lipinski definition) is 3. The van der Waals surface area contributed by atoms with Gasteiger partial charge in [-0.3, -0.25) is 4.98 Å². The lowest BCUT2D eigenvalue weighted by molar-refractivity contribution is 0.591. The molecule has 0 aliphatic heterocycles. The lowest BCUT2D eigenvalue weighted by atomic mass is 9.98. The number of hydrogen-bond donors (Lipinski definition) is 1. The van der Waals surface area contributed by atoms with E-state index in [1.165, 1.54) is 16.3 Å². The first-order valence-electron chi connectivity index (χ1n) is 7.33. The van der Waals surface area contributed by atoms with E-state index in [0.717, 1.165) is 18.7 Å². The van der Waals surface area contributed by atoms with Crippen molar-refractivity contribution in [2.24, 2.45) is 7.05 Å². The van der Waals surface area contributed by atoms with Gasteiger partial charge in [-0.2, -0.15) is 0 Å². The monoisotopic (exact) mass is 280 g/mol. The van der Waals surface area contributed by atoms with Crippen LogP contribution in [0.15, 0.2) is 49.2 Å². The minimum atomic E-state index is 0.0963. The first kappa shape index (κ1) is 13.8. The molecule has 0 amide bonds. The van der Waals surface area contributed by atoms with Crippen LogP contribution < -0.4 is 5.32 Å². The van der Waals surface area contributed by atoms with Gasteiger partial charge >= 0.3 is 0 Å². The molecule has 4 nitrogen and oxygen atoms in total. The Morgan fingerprint density at radius 2 is 2.19 bits per heavy atom. The first-order valence-corrected chi connectivity index (χ1v) is 7.33. The van der Waals surface area contributed by atoms with Gasteiger partial charge in [0.15, 0.2) is 0 Å². The van der Waals surface area contributed by atoms with E-state index >= 15 is 0 Å². The van der Waals surface area contributed by atoms with Gasteiger partial charge in [-0.15, -0.1) is 0 Å². The Bertz CT molecular complexity index is 727. The van der Waals surface area contributed by atoms with Crippen LogP contribution in [0.3, 0.4) is 0 Å². The van der Waals surface area contributed by atoms with Crippen molar-refractivity contribution < 1.29 is 0 Å². The SMILES string of the molecule is CCCNC(c1cn(C)cn1)c1cccc2ccncc12. The largest absolute Gasteiger partial charge is 0.340 e. The highest BCUT2D eigenvalue weighted by molar-refractivity contribution is 5.85. The zero-order valence-corrected chi connectivity index (χ0v) is 12.5. The van der Waals surface area contributed by atoms with Crippen LogP contribution in [0.2, 0.25) is 0 Å². The molecule has 4 heteroatoms. The summed E-state index contributed by atoms with van der Waals surface area (Å²) in [7, 11) is 2.00. The third-order valence-corrected chi connectivity index (χ3v) is 3.65. The number of nitrogens with one attached hydrogen (secondary N) is 1. The van der Waals surface area contributed by atoms with Crippen LogP contribution in [0.4, 0.5) is 0 Å². The molecular formula is C17H20N4. The Labute approximate surface area is 124 Å². The van der Waals surface area contributed by atoms with E-state index in [1.54, 1.807) is 0 Å². The predicted molar refractivity (Wildman–Crippen MR) is 85.1 cm³/mol. The Balaban J connectivity index is 2.09. The molecule has 0 fully saturated rings. The van der Waals surface area contributed by atoms with Crippen molar-refractivity contribution in [2.45, 2.75) is 19.4 Å². The third kappa shape index (κ3) is 2.81. The number of fused-ring (bicyclic) bond motifs is 1. The molecule has 108 valence electrons. The van der Waals surface area contributed by atoms with Crippen molar-refractivity contribution in [3.8, 4) is 0 Å². The van der Waals surface area contributed by atoms with Gasteiger partial charge in [0, 0.05) is 31.0 Å². The topological polar surface area (TPSA) is 42.7 Å². The minimum Gasteiger partial charge on any atom is -0.340 e. The molecule has 1 unspecified atom stereocenters. The molecule has 1 atom stereocenters. The molecule has 2 aromatic heterocycles. The predicted octanol–water partition coefficient (Wildman–Crippen LogP) is 3.06. The molecule has 0 saturated heterocycles. The molecule has 1 aromatic carbocycles. The standard InChI is InChI=1S/C17H20N4/c1-3-8-19-17(16-11-21(2)12-20-16)14-6-4-5-13-7-9-18-10-15(13)14/h4-7,9-12,17,19H,3,8H2,1-2H3. The molecule has 3 aromatic rings. The van der Waals surface area contributed by atoms with Crippen LogP contribution in [0.5, 0.6) is 0 Å². The molecule has 0 spiro atoms. The van der Waals surface area contributed by atoms with Crippen LogP contribution in [0, 0.1) is 0 Å². The highest BCUT2D eigenvalue weighted by atomic mass is 15.0. The van der Waals surface area contributed by atoms with E-state index in [0.29, 0.717) is 0 Å². The summed E-state index contributed by atoms with van der Waals surface area (Å²) in [5.74, 6) is 0. The Hall–Kier alpha value is -2.20. The van der Waals surface area contributed by atoms with Crippen molar-refractivity contribution in [1.29, 1.82) is 0 Å². The second kappa shape index (κ2) is 6.06. The quantitative estimate of drug-likeness (QED) is 0.781. The first-order chi connectivity index (χ1) is 10.3. The highest BCUT2D eigenvalue weighted by Crippen LogP contribution is 2.27. The van der Waals surface area contributed by atoms with E-state index in [2.05, 4.69) is 46.6 Å². The van der Waals surface area contributed by atoms with Crippen LogP contribution in [-0.2, 0) is 7.05 Å². The summed E-state index contributed by atoms with van der Waals surface area (Å²) in [4.78, 5) is 8.81. The summed E-state index contributed by atoms with van der Waals surface area (Å²) in [5, 5.41) is 5.99. The smallest absolute Gasteiger partial charge is 0.0947 e. The van der Waals surface area contributed by atoms with E-state index < -0.39 is 0 Å². The average Bonchev–Trinajstić information content (AvgIpc) is 2.94. The fourth-order valence-corrected chi connectivity index (χ4v) is 2.63. The number of aromatic nitrogens is 3. The fourth-order valence-electron chi connectivity index (χ4n) is 2.63. The van der Waals surface area contributed by atoms with Crippen molar-refractivity contribution in [3.05, 3.63) is 60.4 Å². The van der Waals surface area contributed by atoms with Gasteiger partial charge in [0.05, 0.1) is 18.1 Å². The average molecular weight is 280 g/mol. The van der Waals surface area contributed by atoms with Crippen LogP contribution in [0.1, 0.15) is 30.6 Å². The molecule has 0 bridgehead atoms. The number of rotatable bonds is 5. The van der Waals surface area contributed by atoms with E-state index in [9.17, 15) is 0 Å². The number of imidazole rings is 1. The molecule has 3 rings (SSSR count). The van der Waals surface area contributed by atoms with Gasteiger partial charge < -0.3 is 9.88 Å². The summed E-state index contributed by atoms with van der Waals surface area (Å²) >= 11 is 0. The molecule has 21 heavy (non-hydrogen) atoms. The second-order valence-electron chi connectivity index (χ2n) is 5.30. The lowest BCUT2D eigenvalue weighted by Gasteiger charge is -2.19. The highest BCUT2D eigenvalue weighted by Gasteiger charge is 2.18. The number of nitrogens with zero attached hydrogens (tertiary/aromatic N) is 3. The maximum atomic E-state index is 4.53. The molecular weight excluding hydrogens is 260 g/mol. The third-order valence-electron chi connectivity index (χ3n) is 3.65.